The topological polar surface area (TPSA) is 76.1 Å². The van der Waals surface area contributed by atoms with E-state index in [1.807, 2.05) is 43.3 Å². The zero-order chi connectivity index (χ0) is 19.2. The van der Waals surface area contributed by atoms with Crippen molar-refractivity contribution in [2.45, 2.75) is 13.5 Å². The minimum Gasteiger partial charge on any atom is -0.465 e. The maximum atomic E-state index is 11.9. The monoisotopic (exact) mass is 382 g/mol. The van der Waals surface area contributed by atoms with Crippen molar-refractivity contribution in [1.82, 2.24) is 9.97 Å². The number of ether oxygens (including phenoxy) is 1. The van der Waals surface area contributed by atoms with Crippen molar-refractivity contribution in [1.29, 1.82) is 0 Å². The molecule has 1 heterocycles. The number of para-hydroxylation sites is 1. The minimum absolute atomic E-state index is 0.382. The second kappa shape index (κ2) is 8.51. The van der Waals surface area contributed by atoms with Crippen LogP contribution in [0.5, 0.6) is 0 Å². The summed E-state index contributed by atoms with van der Waals surface area (Å²) in [6.07, 6.45) is 0. The predicted octanol–water partition coefficient (Wildman–Crippen LogP) is 4.58. The number of anilines is 3. The van der Waals surface area contributed by atoms with Crippen molar-refractivity contribution in [3.05, 3.63) is 76.4 Å². The van der Waals surface area contributed by atoms with Crippen LogP contribution in [0.2, 0.25) is 5.02 Å². The Kier molecular flexibility index (Phi) is 5.88. The van der Waals surface area contributed by atoms with Gasteiger partial charge in [0, 0.05) is 23.3 Å². The fourth-order valence-corrected chi connectivity index (χ4v) is 2.75. The molecule has 0 aliphatic heterocycles. The van der Waals surface area contributed by atoms with Gasteiger partial charge in [-0.25, -0.2) is 9.78 Å². The second-order valence-corrected chi connectivity index (χ2v) is 6.23. The highest BCUT2D eigenvalue weighted by Crippen LogP contribution is 2.21. The molecule has 0 bridgehead atoms. The number of aromatic nitrogens is 2. The standard InChI is InChI=1S/C20H19ClN4O2/c1-13-11-18(22-12-14-7-3-5-9-16(14)21)25-20(23-13)24-17-10-6-4-8-15(17)19(26)27-2/h3-11H,12H2,1-2H3,(H2,22,23,24,25). The number of nitrogens with zero attached hydrogens (tertiary/aromatic N) is 2. The summed E-state index contributed by atoms with van der Waals surface area (Å²) in [6.45, 7) is 2.41. The minimum atomic E-state index is -0.428. The highest BCUT2D eigenvalue weighted by Gasteiger charge is 2.12. The Morgan fingerprint density at radius 3 is 2.63 bits per heavy atom. The van der Waals surface area contributed by atoms with Crippen molar-refractivity contribution >= 4 is 35.0 Å². The number of halogens is 1. The Morgan fingerprint density at radius 1 is 1.11 bits per heavy atom. The second-order valence-electron chi connectivity index (χ2n) is 5.83. The average Bonchev–Trinajstić information content (AvgIpc) is 2.67. The van der Waals surface area contributed by atoms with E-state index in [9.17, 15) is 4.79 Å². The summed E-state index contributed by atoms with van der Waals surface area (Å²) in [5.41, 5.74) is 2.74. The number of methoxy groups -OCH3 is 1. The zero-order valence-corrected chi connectivity index (χ0v) is 15.7. The molecular weight excluding hydrogens is 364 g/mol. The first-order valence-electron chi connectivity index (χ1n) is 8.34. The highest BCUT2D eigenvalue weighted by atomic mass is 35.5. The van der Waals surface area contributed by atoms with Gasteiger partial charge in [0.25, 0.3) is 0 Å². The lowest BCUT2D eigenvalue weighted by atomic mass is 10.2. The van der Waals surface area contributed by atoms with E-state index in [0.29, 0.717) is 34.6 Å². The number of nitrogens with one attached hydrogen (secondary N) is 2. The molecule has 138 valence electrons. The lowest BCUT2D eigenvalue weighted by Crippen LogP contribution is -2.09. The number of hydrogen-bond donors (Lipinski definition) is 2. The fourth-order valence-electron chi connectivity index (χ4n) is 2.54. The quantitative estimate of drug-likeness (QED) is 0.608. The van der Waals surface area contributed by atoms with Gasteiger partial charge in [-0.15, -0.1) is 0 Å². The molecule has 2 aromatic carbocycles. The van der Waals surface area contributed by atoms with Crippen LogP contribution in [0.1, 0.15) is 21.6 Å². The summed E-state index contributed by atoms with van der Waals surface area (Å²) in [4.78, 5) is 20.8. The molecule has 0 aliphatic carbocycles. The molecule has 1 aromatic heterocycles. The first kappa shape index (κ1) is 18.7. The summed E-state index contributed by atoms with van der Waals surface area (Å²) in [5, 5.41) is 7.04. The van der Waals surface area contributed by atoms with Crippen LogP contribution >= 0.6 is 11.6 Å². The van der Waals surface area contributed by atoms with E-state index in [4.69, 9.17) is 16.3 Å². The Balaban J connectivity index is 1.80. The zero-order valence-electron chi connectivity index (χ0n) is 15.0. The Labute approximate surface area is 162 Å². The number of carbonyl (C=O) groups is 1. The number of aryl methyl sites for hydroxylation is 1. The van der Waals surface area contributed by atoms with Crippen LogP contribution in [0.15, 0.2) is 54.6 Å². The lowest BCUT2D eigenvalue weighted by Gasteiger charge is -2.12. The van der Waals surface area contributed by atoms with Crippen molar-refractivity contribution in [2.24, 2.45) is 0 Å². The van der Waals surface area contributed by atoms with Crippen LogP contribution in [0.25, 0.3) is 0 Å². The van der Waals surface area contributed by atoms with Crippen molar-refractivity contribution < 1.29 is 9.53 Å². The van der Waals surface area contributed by atoms with Gasteiger partial charge in [0.2, 0.25) is 5.95 Å². The number of benzene rings is 2. The summed E-state index contributed by atoms with van der Waals surface area (Å²) in [5.74, 6) is 0.608. The molecule has 3 aromatic rings. The summed E-state index contributed by atoms with van der Waals surface area (Å²) >= 11 is 6.19. The van der Waals surface area contributed by atoms with E-state index in [1.165, 1.54) is 7.11 Å². The van der Waals surface area contributed by atoms with Gasteiger partial charge in [-0.1, -0.05) is 41.9 Å². The molecule has 2 N–H and O–H groups in total. The van der Waals surface area contributed by atoms with Crippen molar-refractivity contribution in [2.75, 3.05) is 17.7 Å². The van der Waals surface area contributed by atoms with Crippen LogP contribution in [-0.2, 0) is 11.3 Å². The molecule has 0 spiro atoms. The summed E-state index contributed by atoms with van der Waals surface area (Å²) in [6, 6.07) is 16.5. The fraction of sp³-hybridized carbons (Fsp3) is 0.150. The molecule has 0 unspecified atom stereocenters. The van der Waals surface area contributed by atoms with Gasteiger partial charge in [0.15, 0.2) is 0 Å². The van der Waals surface area contributed by atoms with Gasteiger partial charge in [-0.2, -0.15) is 4.98 Å². The van der Waals surface area contributed by atoms with Gasteiger partial charge in [-0.05, 0) is 30.7 Å². The Hall–Kier alpha value is -3.12. The molecule has 0 atom stereocenters. The van der Waals surface area contributed by atoms with E-state index in [0.717, 1.165) is 11.3 Å². The van der Waals surface area contributed by atoms with Gasteiger partial charge in [0.05, 0.1) is 18.4 Å². The lowest BCUT2D eigenvalue weighted by molar-refractivity contribution is 0.0602. The Bertz CT molecular complexity index is 962. The molecule has 0 saturated carbocycles. The maximum Gasteiger partial charge on any atom is 0.339 e. The van der Waals surface area contributed by atoms with Gasteiger partial charge in [-0.3, -0.25) is 0 Å². The van der Waals surface area contributed by atoms with E-state index in [-0.39, 0.29) is 0 Å². The van der Waals surface area contributed by atoms with Crippen molar-refractivity contribution in [3.8, 4) is 0 Å². The predicted molar refractivity (Wildman–Crippen MR) is 107 cm³/mol. The van der Waals surface area contributed by atoms with E-state index in [1.54, 1.807) is 18.2 Å². The molecule has 7 heteroatoms. The largest absolute Gasteiger partial charge is 0.465 e. The number of hydrogen-bond acceptors (Lipinski definition) is 6. The normalized spacial score (nSPS) is 10.3. The number of esters is 1. The molecule has 0 fully saturated rings. The maximum absolute atomic E-state index is 11.9. The first-order chi connectivity index (χ1) is 13.1. The first-order valence-corrected chi connectivity index (χ1v) is 8.72. The summed E-state index contributed by atoms with van der Waals surface area (Å²) in [7, 11) is 1.35. The van der Waals surface area contributed by atoms with E-state index in [2.05, 4.69) is 20.6 Å². The number of carbonyl (C=O) groups excluding carboxylic acids is 1. The molecule has 0 aliphatic rings. The third kappa shape index (κ3) is 4.74. The van der Waals surface area contributed by atoms with Gasteiger partial charge in [0.1, 0.15) is 5.82 Å². The SMILES string of the molecule is COC(=O)c1ccccc1Nc1nc(C)cc(NCc2ccccc2Cl)n1. The number of rotatable bonds is 6. The average molecular weight is 383 g/mol. The van der Waals surface area contributed by atoms with Crippen LogP contribution in [0.4, 0.5) is 17.5 Å². The van der Waals surface area contributed by atoms with Gasteiger partial charge >= 0.3 is 5.97 Å². The smallest absolute Gasteiger partial charge is 0.339 e. The molecule has 3 rings (SSSR count). The highest BCUT2D eigenvalue weighted by molar-refractivity contribution is 6.31. The Morgan fingerprint density at radius 2 is 1.85 bits per heavy atom. The van der Waals surface area contributed by atoms with Gasteiger partial charge < -0.3 is 15.4 Å². The van der Waals surface area contributed by atoms with E-state index < -0.39 is 5.97 Å². The molecule has 0 saturated heterocycles. The molecule has 27 heavy (non-hydrogen) atoms. The third-order valence-electron chi connectivity index (χ3n) is 3.85. The molecule has 0 amide bonds. The third-order valence-corrected chi connectivity index (χ3v) is 4.22. The van der Waals surface area contributed by atoms with Crippen LogP contribution in [0, 0.1) is 6.92 Å². The molecule has 6 nitrogen and oxygen atoms in total. The van der Waals surface area contributed by atoms with Crippen LogP contribution in [-0.4, -0.2) is 23.0 Å². The van der Waals surface area contributed by atoms with E-state index >= 15 is 0 Å². The van der Waals surface area contributed by atoms with Crippen molar-refractivity contribution in [3.63, 3.8) is 0 Å². The van der Waals surface area contributed by atoms with Crippen LogP contribution in [0.3, 0.4) is 0 Å². The van der Waals surface area contributed by atoms with Crippen LogP contribution < -0.4 is 10.6 Å². The molecule has 0 radical (unpaired) electrons. The molecular formula is C20H19ClN4O2. The summed E-state index contributed by atoms with van der Waals surface area (Å²) < 4.78 is 4.82.